The third-order valence-electron chi connectivity index (χ3n) is 4.41. The van der Waals surface area contributed by atoms with Crippen molar-refractivity contribution in [3.8, 4) is 12.3 Å². The number of hydrogen-bond donors (Lipinski definition) is 4. The number of anilines is 1. The summed E-state index contributed by atoms with van der Waals surface area (Å²) >= 11 is 0. The Morgan fingerprint density at radius 1 is 1.46 bits per heavy atom. The van der Waals surface area contributed by atoms with E-state index in [0.717, 1.165) is 6.42 Å². The second kappa shape index (κ2) is 9.80. The number of carbonyl (C=O) groups excluding carboxylic acids is 1. The van der Waals surface area contributed by atoms with Crippen LogP contribution in [-0.4, -0.2) is 56.9 Å². The van der Waals surface area contributed by atoms with Gasteiger partial charge in [0.05, 0.1) is 13.2 Å². The highest BCUT2D eigenvalue weighted by molar-refractivity contribution is 5.95. The second-order valence-corrected chi connectivity index (χ2v) is 6.33. The molecule has 0 bridgehead atoms. The number of hydrogen-bond acceptors (Lipinski definition) is 4. The van der Waals surface area contributed by atoms with E-state index in [1.165, 1.54) is 0 Å². The van der Waals surface area contributed by atoms with Crippen molar-refractivity contribution in [1.29, 1.82) is 0 Å². The highest BCUT2D eigenvalue weighted by Crippen LogP contribution is 2.31. The van der Waals surface area contributed by atoms with Crippen LogP contribution in [0.5, 0.6) is 0 Å². The molecule has 1 aliphatic heterocycles. The van der Waals surface area contributed by atoms with Crippen molar-refractivity contribution in [2.75, 3.05) is 45.3 Å². The summed E-state index contributed by atoms with van der Waals surface area (Å²) in [6.45, 7) is 2.13. The normalized spacial score (nSPS) is 19.7. The van der Waals surface area contributed by atoms with E-state index in [0.29, 0.717) is 43.4 Å². The number of aliphatic hydroxyl groups excluding tert-OH is 1. The van der Waals surface area contributed by atoms with E-state index in [9.17, 15) is 9.90 Å². The van der Waals surface area contributed by atoms with Crippen LogP contribution in [0.4, 0.5) is 5.69 Å². The predicted octanol–water partition coefficient (Wildman–Crippen LogP) is 0.561. The predicted molar refractivity (Wildman–Crippen MR) is 102 cm³/mol. The number of nitrogens with zero attached hydrogens (tertiary/aromatic N) is 1. The lowest BCUT2D eigenvalue weighted by Gasteiger charge is -2.27. The molecule has 140 valence electrons. The fourth-order valence-electron chi connectivity index (χ4n) is 2.86. The maximum Gasteiger partial charge on any atom is 0.243 e. The van der Waals surface area contributed by atoms with Gasteiger partial charge in [-0.05, 0) is 31.0 Å². The van der Waals surface area contributed by atoms with Crippen LogP contribution in [0.3, 0.4) is 0 Å². The quantitative estimate of drug-likeness (QED) is 0.325. The van der Waals surface area contributed by atoms with E-state index in [2.05, 4.69) is 26.9 Å². The van der Waals surface area contributed by atoms with Crippen LogP contribution in [0.1, 0.15) is 18.4 Å². The van der Waals surface area contributed by atoms with E-state index in [1.54, 1.807) is 31.3 Å². The van der Waals surface area contributed by atoms with Crippen molar-refractivity contribution in [1.82, 2.24) is 10.6 Å². The number of aliphatic imine (C=N–C) groups is 1. The largest absolute Gasteiger partial charge is 0.396 e. The molecule has 1 unspecified atom stereocenters. The number of terminal acetylenes is 1. The molecule has 0 spiro atoms. The van der Waals surface area contributed by atoms with Gasteiger partial charge < -0.3 is 25.8 Å². The highest BCUT2D eigenvalue weighted by atomic mass is 16.5. The Bertz CT molecular complexity index is 676. The third-order valence-corrected chi connectivity index (χ3v) is 4.41. The summed E-state index contributed by atoms with van der Waals surface area (Å²) < 4.78 is 5.47. The first-order chi connectivity index (χ1) is 12.6. The molecule has 2 rings (SSSR count). The average Bonchev–Trinajstić information content (AvgIpc) is 3.11. The van der Waals surface area contributed by atoms with E-state index >= 15 is 0 Å². The minimum Gasteiger partial charge on any atom is -0.396 e. The molecule has 1 heterocycles. The Morgan fingerprint density at radius 2 is 2.31 bits per heavy atom. The lowest BCUT2D eigenvalue weighted by atomic mass is 9.84. The zero-order valence-electron chi connectivity index (χ0n) is 15.0. The second-order valence-electron chi connectivity index (χ2n) is 6.33. The molecule has 1 aromatic carbocycles. The lowest BCUT2D eigenvalue weighted by molar-refractivity contribution is -0.115. The minimum absolute atomic E-state index is 0.0729. The first-order valence-corrected chi connectivity index (χ1v) is 8.60. The van der Waals surface area contributed by atoms with Crippen molar-refractivity contribution in [3.63, 3.8) is 0 Å². The monoisotopic (exact) mass is 358 g/mol. The van der Waals surface area contributed by atoms with Crippen molar-refractivity contribution >= 4 is 17.6 Å². The Morgan fingerprint density at radius 3 is 2.96 bits per heavy atom. The topological polar surface area (TPSA) is 95.0 Å². The van der Waals surface area contributed by atoms with Crippen molar-refractivity contribution in [2.24, 2.45) is 10.4 Å². The molecule has 1 aliphatic rings. The maximum atomic E-state index is 12.1. The van der Waals surface area contributed by atoms with Crippen molar-refractivity contribution in [3.05, 3.63) is 29.8 Å². The van der Waals surface area contributed by atoms with Gasteiger partial charge in [0.25, 0.3) is 0 Å². The maximum absolute atomic E-state index is 12.1. The van der Waals surface area contributed by atoms with Gasteiger partial charge in [0.2, 0.25) is 5.91 Å². The summed E-state index contributed by atoms with van der Waals surface area (Å²) in [5.41, 5.74) is 1.27. The zero-order valence-corrected chi connectivity index (χ0v) is 15.0. The lowest BCUT2D eigenvalue weighted by Crippen LogP contribution is -2.46. The van der Waals surface area contributed by atoms with Crippen molar-refractivity contribution in [2.45, 2.75) is 12.8 Å². The number of carbonyl (C=O) groups is 1. The Labute approximate surface area is 154 Å². The number of rotatable bonds is 7. The molecule has 0 aromatic heterocycles. The minimum atomic E-state index is -0.198. The summed E-state index contributed by atoms with van der Waals surface area (Å²) in [6.07, 6.45) is 6.92. The van der Waals surface area contributed by atoms with Gasteiger partial charge in [-0.2, -0.15) is 0 Å². The first kappa shape index (κ1) is 19.8. The highest BCUT2D eigenvalue weighted by Gasteiger charge is 2.34. The molecule has 1 saturated heterocycles. The van der Waals surface area contributed by atoms with E-state index in [1.807, 2.05) is 0 Å². The van der Waals surface area contributed by atoms with Gasteiger partial charge in [-0.15, -0.1) is 6.42 Å². The Hall–Kier alpha value is -2.56. The molecular weight excluding hydrogens is 332 g/mol. The smallest absolute Gasteiger partial charge is 0.243 e. The first-order valence-electron chi connectivity index (χ1n) is 8.60. The molecule has 0 aliphatic carbocycles. The molecule has 0 saturated carbocycles. The van der Waals surface area contributed by atoms with Gasteiger partial charge in [0.15, 0.2) is 5.96 Å². The molecule has 7 heteroatoms. The van der Waals surface area contributed by atoms with E-state index in [4.69, 9.17) is 11.2 Å². The summed E-state index contributed by atoms with van der Waals surface area (Å²) in [5.74, 6) is 2.86. The molecule has 7 nitrogen and oxygen atoms in total. The van der Waals surface area contributed by atoms with E-state index < -0.39 is 0 Å². The number of ether oxygens (including phenoxy) is 1. The number of aliphatic hydroxyl groups is 1. The summed E-state index contributed by atoms with van der Waals surface area (Å²) in [7, 11) is 1.65. The van der Waals surface area contributed by atoms with Gasteiger partial charge in [-0.3, -0.25) is 9.79 Å². The van der Waals surface area contributed by atoms with Gasteiger partial charge in [-0.1, -0.05) is 12.0 Å². The third kappa shape index (κ3) is 5.76. The number of benzene rings is 1. The molecule has 1 aromatic rings. The van der Waals surface area contributed by atoms with Gasteiger partial charge in [0.1, 0.15) is 0 Å². The van der Waals surface area contributed by atoms with Crippen LogP contribution < -0.4 is 16.0 Å². The molecule has 1 fully saturated rings. The molecule has 26 heavy (non-hydrogen) atoms. The molecule has 0 radical (unpaired) electrons. The van der Waals surface area contributed by atoms with Crippen LogP contribution in [-0.2, 0) is 9.53 Å². The van der Waals surface area contributed by atoms with Crippen LogP contribution in [0, 0.1) is 17.8 Å². The molecule has 4 N–H and O–H groups in total. The number of amides is 1. The van der Waals surface area contributed by atoms with Crippen LogP contribution in [0.25, 0.3) is 0 Å². The Balaban J connectivity index is 1.80. The van der Waals surface area contributed by atoms with Crippen LogP contribution in [0.2, 0.25) is 0 Å². The molecule has 1 atom stereocenters. The van der Waals surface area contributed by atoms with Gasteiger partial charge >= 0.3 is 0 Å². The SMILES string of the molecule is C#Cc1cccc(NC(=O)CNC(=NC)NCC2(CCO)CCOC2)c1. The molecular formula is C19H26N4O3. The number of nitrogens with one attached hydrogen (secondary N) is 3. The number of guanidine groups is 1. The summed E-state index contributed by atoms with van der Waals surface area (Å²) in [4.78, 5) is 16.2. The van der Waals surface area contributed by atoms with Gasteiger partial charge in [0, 0.05) is 43.5 Å². The average molecular weight is 358 g/mol. The fraction of sp³-hybridized carbons (Fsp3) is 0.474. The Kier molecular flexibility index (Phi) is 7.45. The fourth-order valence-corrected chi connectivity index (χ4v) is 2.86. The zero-order chi connectivity index (χ0) is 18.8. The van der Waals surface area contributed by atoms with Crippen molar-refractivity contribution < 1.29 is 14.6 Å². The molecule has 1 amide bonds. The summed E-state index contributed by atoms with van der Waals surface area (Å²) in [6, 6.07) is 7.12. The standard InChI is InChI=1S/C19H26N4O3/c1-3-15-5-4-6-16(11-15)23-17(25)12-21-18(20-2)22-13-19(7-9-24)8-10-26-14-19/h1,4-6,11,24H,7-10,12-14H2,2H3,(H,23,25)(H2,20,21,22). The van der Waals surface area contributed by atoms with Gasteiger partial charge in [-0.25, -0.2) is 0 Å². The summed E-state index contributed by atoms with van der Waals surface area (Å²) in [5, 5.41) is 18.3. The van der Waals surface area contributed by atoms with Crippen LogP contribution in [0.15, 0.2) is 29.3 Å². The van der Waals surface area contributed by atoms with Crippen LogP contribution >= 0.6 is 0 Å². The van der Waals surface area contributed by atoms with E-state index in [-0.39, 0.29) is 24.5 Å².